The van der Waals surface area contributed by atoms with Crippen LogP contribution >= 0.6 is 11.6 Å². The third-order valence-corrected chi connectivity index (χ3v) is 2.60. The van der Waals surface area contributed by atoms with Gasteiger partial charge in [0.2, 0.25) is 0 Å². The summed E-state index contributed by atoms with van der Waals surface area (Å²) >= 11 is 6.07. The van der Waals surface area contributed by atoms with Gasteiger partial charge in [-0.05, 0) is 11.6 Å². The lowest BCUT2D eigenvalue weighted by Gasteiger charge is -1.96. The first-order chi connectivity index (χ1) is 9.72. The number of nitriles is 3. The number of halogens is 1. The summed E-state index contributed by atoms with van der Waals surface area (Å²) in [5.41, 5.74) is 0.783. The summed E-state index contributed by atoms with van der Waals surface area (Å²) < 4.78 is 0. The quantitative estimate of drug-likeness (QED) is 0.624. The summed E-state index contributed by atoms with van der Waals surface area (Å²) in [5, 5.41) is 26.6. The molecule has 0 spiro atoms. The van der Waals surface area contributed by atoms with E-state index in [2.05, 4.69) is 4.99 Å². The molecule has 0 atom stereocenters. The van der Waals surface area contributed by atoms with E-state index in [-0.39, 0.29) is 17.7 Å². The van der Waals surface area contributed by atoms with Crippen molar-refractivity contribution in [2.24, 2.45) is 4.99 Å². The fraction of sp³-hybridized carbons (Fsp3) is 0.0667. The number of hydrogen-bond donors (Lipinski definition) is 0. The molecule has 5 heteroatoms. The van der Waals surface area contributed by atoms with Gasteiger partial charge in [0, 0.05) is 11.2 Å². The Morgan fingerprint density at radius 3 is 2.35 bits per heavy atom. The number of benzene rings is 1. The van der Waals surface area contributed by atoms with Crippen LogP contribution in [-0.4, -0.2) is 6.21 Å². The van der Waals surface area contributed by atoms with Gasteiger partial charge in [0.1, 0.15) is 12.1 Å². The molecule has 1 aromatic carbocycles. The van der Waals surface area contributed by atoms with Crippen LogP contribution in [0.25, 0.3) is 5.03 Å². The van der Waals surface area contributed by atoms with Gasteiger partial charge in [-0.3, -0.25) is 4.99 Å². The van der Waals surface area contributed by atoms with E-state index in [0.717, 1.165) is 5.56 Å². The summed E-state index contributed by atoms with van der Waals surface area (Å²) in [7, 11) is 0. The zero-order chi connectivity index (χ0) is 14.8. The SMILES string of the molecule is N#CCC(N=CC=C(Cl)c1ccccc1)=C(C#N)C#N. The fourth-order valence-corrected chi connectivity index (χ4v) is 1.50. The highest BCUT2D eigenvalue weighted by Gasteiger charge is 2.03. The molecule has 0 saturated heterocycles. The maximum Gasteiger partial charge on any atom is 0.152 e. The van der Waals surface area contributed by atoms with Crippen molar-refractivity contribution in [3.05, 3.63) is 53.2 Å². The summed E-state index contributed by atoms with van der Waals surface area (Å²) in [5.74, 6) is 0. The number of rotatable bonds is 4. The van der Waals surface area contributed by atoms with Gasteiger partial charge in [0.05, 0.1) is 18.2 Å². The number of aliphatic imine (C=N–C) groups is 1. The molecule has 0 radical (unpaired) electrons. The molecule has 4 nitrogen and oxygen atoms in total. The van der Waals surface area contributed by atoms with Gasteiger partial charge >= 0.3 is 0 Å². The number of hydrogen-bond acceptors (Lipinski definition) is 4. The molecule has 0 bridgehead atoms. The number of allylic oxidation sites excluding steroid dienone is 3. The minimum Gasteiger partial charge on any atom is -0.258 e. The van der Waals surface area contributed by atoms with E-state index < -0.39 is 0 Å². The van der Waals surface area contributed by atoms with Crippen molar-refractivity contribution in [3.63, 3.8) is 0 Å². The van der Waals surface area contributed by atoms with Crippen LogP contribution in [0, 0.1) is 34.0 Å². The molecule has 0 amide bonds. The third kappa shape index (κ3) is 4.42. The van der Waals surface area contributed by atoms with Crippen molar-refractivity contribution in [3.8, 4) is 18.2 Å². The molecule has 96 valence electrons. The molecule has 1 rings (SSSR count). The van der Waals surface area contributed by atoms with E-state index in [1.165, 1.54) is 6.21 Å². The summed E-state index contributed by atoms with van der Waals surface area (Å²) in [6.45, 7) is 0. The topological polar surface area (TPSA) is 83.7 Å². The van der Waals surface area contributed by atoms with E-state index >= 15 is 0 Å². The van der Waals surface area contributed by atoms with Crippen molar-refractivity contribution in [2.75, 3.05) is 0 Å². The Morgan fingerprint density at radius 1 is 1.15 bits per heavy atom. The average molecular weight is 281 g/mol. The molecule has 0 fully saturated rings. The Balaban J connectivity index is 2.98. The van der Waals surface area contributed by atoms with Crippen LogP contribution in [0.3, 0.4) is 0 Å². The van der Waals surface area contributed by atoms with E-state index in [9.17, 15) is 0 Å². The first kappa shape index (κ1) is 15.2. The van der Waals surface area contributed by atoms with E-state index in [0.29, 0.717) is 5.03 Å². The van der Waals surface area contributed by atoms with Crippen LogP contribution < -0.4 is 0 Å². The summed E-state index contributed by atoms with van der Waals surface area (Å²) in [4.78, 5) is 3.95. The van der Waals surface area contributed by atoms with Crippen LogP contribution in [0.5, 0.6) is 0 Å². The Hall–Kier alpha value is -2.87. The van der Waals surface area contributed by atoms with Gasteiger partial charge in [-0.1, -0.05) is 41.9 Å². The van der Waals surface area contributed by atoms with Crippen LogP contribution in [0.2, 0.25) is 0 Å². The first-order valence-corrected chi connectivity index (χ1v) is 5.96. The molecular weight excluding hydrogens is 272 g/mol. The molecule has 1 aromatic rings. The molecule has 20 heavy (non-hydrogen) atoms. The largest absolute Gasteiger partial charge is 0.258 e. The van der Waals surface area contributed by atoms with Crippen LogP contribution in [0.1, 0.15) is 12.0 Å². The van der Waals surface area contributed by atoms with E-state index in [4.69, 9.17) is 27.4 Å². The molecular formula is C15H9ClN4. The minimum atomic E-state index is -0.174. The van der Waals surface area contributed by atoms with Crippen molar-refractivity contribution in [1.82, 2.24) is 0 Å². The predicted molar refractivity (Wildman–Crippen MR) is 77.2 cm³/mol. The van der Waals surface area contributed by atoms with Gasteiger partial charge in [0.15, 0.2) is 5.57 Å². The zero-order valence-corrected chi connectivity index (χ0v) is 11.2. The summed E-state index contributed by atoms with van der Waals surface area (Å²) in [6.07, 6.45) is 2.81. The van der Waals surface area contributed by atoms with Crippen molar-refractivity contribution in [1.29, 1.82) is 15.8 Å². The second kappa shape index (κ2) is 8.27. The highest BCUT2D eigenvalue weighted by Crippen LogP contribution is 2.17. The highest BCUT2D eigenvalue weighted by molar-refractivity contribution is 6.49. The lowest BCUT2D eigenvalue weighted by molar-refractivity contribution is 1.15. The normalized spacial score (nSPS) is 10.4. The van der Waals surface area contributed by atoms with E-state index in [1.54, 1.807) is 18.2 Å². The maximum absolute atomic E-state index is 8.75. The van der Waals surface area contributed by atoms with Gasteiger partial charge in [-0.25, -0.2) is 0 Å². The maximum atomic E-state index is 8.75. The Morgan fingerprint density at radius 2 is 1.80 bits per heavy atom. The van der Waals surface area contributed by atoms with Gasteiger partial charge in [-0.2, -0.15) is 15.8 Å². The number of nitrogens with zero attached hydrogens (tertiary/aromatic N) is 4. The van der Waals surface area contributed by atoms with Gasteiger partial charge in [-0.15, -0.1) is 0 Å². The molecule has 0 unspecified atom stereocenters. The molecule has 0 aliphatic carbocycles. The van der Waals surface area contributed by atoms with Crippen LogP contribution in [-0.2, 0) is 0 Å². The first-order valence-electron chi connectivity index (χ1n) is 5.58. The predicted octanol–water partition coefficient (Wildman–Crippen LogP) is 3.55. The van der Waals surface area contributed by atoms with Gasteiger partial charge in [0.25, 0.3) is 0 Å². The van der Waals surface area contributed by atoms with Crippen LogP contribution in [0.4, 0.5) is 0 Å². The Labute approximate surface area is 122 Å². The molecule has 0 saturated carbocycles. The second-order valence-corrected chi connectivity index (χ2v) is 3.95. The van der Waals surface area contributed by atoms with Gasteiger partial charge < -0.3 is 0 Å². The highest BCUT2D eigenvalue weighted by atomic mass is 35.5. The molecule has 0 aromatic heterocycles. The molecule has 0 N–H and O–H groups in total. The molecule has 0 aliphatic rings. The van der Waals surface area contributed by atoms with Crippen molar-refractivity contribution >= 4 is 22.8 Å². The molecule has 0 heterocycles. The zero-order valence-electron chi connectivity index (χ0n) is 10.4. The Kier molecular flexibility index (Phi) is 6.28. The van der Waals surface area contributed by atoms with Crippen LogP contribution in [0.15, 0.2) is 52.7 Å². The third-order valence-electron chi connectivity index (χ3n) is 2.26. The Bertz CT molecular complexity index is 663. The second-order valence-electron chi connectivity index (χ2n) is 3.54. The smallest absolute Gasteiger partial charge is 0.152 e. The average Bonchev–Trinajstić information content (AvgIpc) is 2.49. The van der Waals surface area contributed by atoms with Crippen molar-refractivity contribution in [2.45, 2.75) is 6.42 Å². The lowest BCUT2D eigenvalue weighted by atomic mass is 10.2. The van der Waals surface area contributed by atoms with Crippen molar-refractivity contribution < 1.29 is 0 Å². The minimum absolute atomic E-state index is 0.107. The molecule has 0 aliphatic heterocycles. The monoisotopic (exact) mass is 280 g/mol. The van der Waals surface area contributed by atoms with E-state index in [1.807, 2.05) is 36.4 Å². The fourth-order valence-electron chi connectivity index (χ4n) is 1.31. The lowest BCUT2D eigenvalue weighted by Crippen LogP contribution is -1.85. The summed E-state index contributed by atoms with van der Waals surface area (Å²) in [6, 6.07) is 14.5. The standard InChI is InChI=1S/C15H9ClN4/c16-14(12-4-2-1-3-5-12)7-9-20-15(6-8-17)13(10-18)11-19/h1-5,7,9H,6H2.